The van der Waals surface area contributed by atoms with Crippen molar-refractivity contribution in [2.75, 3.05) is 13.2 Å². The molecular formula is C46H65N3O6. The Balaban J connectivity index is 1.06. The first kappa shape index (κ1) is 38.7. The monoisotopic (exact) mass is 755 g/mol. The average molecular weight is 756 g/mol. The van der Waals surface area contributed by atoms with E-state index in [1.165, 1.54) is 0 Å². The van der Waals surface area contributed by atoms with Crippen LogP contribution in [0.1, 0.15) is 117 Å². The number of aromatic nitrogens is 1. The number of amides is 2. The Morgan fingerprint density at radius 2 is 1.71 bits per heavy atom. The number of likely N-dealkylation sites (tertiary alicyclic amines) is 1. The first-order chi connectivity index (χ1) is 26.1. The number of H-pyrrole nitrogens is 1. The molecule has 1 saturated heterocycles. The summed E-state index contributed by atoms with van der Waals surface area (Å²) in [5.74, 6) is 0.128. The van der Waals surface area contributed by atoms with E-state index < -0.39 is 35.0 Å². The van der Waals surface area contributed by atoms with Crippen LogP contribution < -0.4 is 5.32 Å². The molecule has 8 rings (SSSR count). The molecule has 2 amide bonds. The minimum Gasteiger partial charge on any atom is -0.480 e. The summed E-state index contributed by atoms with van der Waals surface area (Å²) in [4.78, 5) is 47.1. The number of carbonyl (C=O) groups is 3. The highest BCUT2D eigenvalue weighted by Crippen LogP contribution is 2.77. The van der Waals surface area contributed by atoms with Gasteiger partial charge in [-0.1, -0.05) is 58.0 Å². The lowest BCUT2D eigenvalue weighted by molar-refractivity contribution is -0.253. The third kappa shape index (κ3) is 5.47. The van der Waals surface area contributed by atoms with Crippen molar-refractivity contribution in [2.24, 2.45) is 56.7 Å². The topological polar surface area (TPSA) is 143 Å². The van der Waals surface area contributed by atoms with E-state index in [2.05, 4.69) is 51.5 Å². The van der Waals surface area contributed by atoms with Gasteiger partial charge in [-0.25, -0.2) is 4.79 Å². The molecule has 0 bridgehead atoms. The second-order valence-electron chi connectivity index (χ2n) is 20.2. The van der Waals surface area contributed by atoms with Gasteiger partial charge < -0.3 is 30.5 Å². The fraction of sp³-hybridized carbons (Fsp3) is 0.717. The number of benzene rings is 1. The number of carbonyl (C=O) groups excluding carboxylic acids is 2. The van der Waals surface area contributed by atoms with Gasteiger partial charge in [0.15, 0.2) is 0 Å². The third-order valence-electron chi connectivity index (χ3n) is 18.1. The summed E-state index contributed by atoms with van der Waals surface area (Å²) in [6, 6.07) is 5.96. The fourth-order valence-electron chi connectivity index (χ4n) is 15.1. The van der Waals surface area contributed by atoms with Crippen molar-refractivity contribution < 1.29 is 29.7 Å². The summed E-state index contributed by atoms with van der Waals surface area (Å²) < 4.78 is 0. The van der Waals surface area contributed by atoms with Crippen LogP contribution in [-0.2, 0) is 20.8 Å². The maximum absolute atomic E-state index is 15.4. The number of allylic oxidation sites excluding steroid dienone is 1. The molecule has 2 aromatic rings. The molecule has 6 aliphatic rings. The molecule has 9 nitrogen and oxygen atoms in total. The van der Waals surface area contributed by atoms with Crippen molar-refractivity contribution in [1.82, 2.24) is 15.2 Å². The number of hydrogen-bond donors (Lipinski definition) is 5. The lowest BCUT2D eigenvalue weighted by Gasteiger charge is -2.73. The van der Waals surface area contributed by atoms with E-state index >= 15 is 4.79 Å². The van der Waals surface area contributed by atoms with Crippen molar-refractivity contribution in [3.63, 3.8) is 0 Å². The van der Waals surface area contributed by atoms with Crippen molar-refractivity contribution in [2.45, 2.75) is 136 Å². The van der Waals surface area contributed by atoms with Gasteiger partial charge >= 0.3 is 5.97 Å². The quantitative estimate of drug-likeness (QED) is 0.180. The predicted molar refractivity (Wildman–Crippen MR) is 213 cm³/mol. The van der Waals surface area contributed by atoms with Crippen molar-refractivity contribution in [1.29, 1.82) is 0 Å². The number of aliphatic carboxylic acids is 1. The molecule has 13 atom stereocenters. The Morgan fingerprint density at radius 1 is 0.945 bits per heavy atom. The minimum atomic E-state index is -1.11. The van der Waals surface area contributed by atoms with E-state index in [1.807, 2.05) is 35.4 Å². The van der Waals surface area contributed by atoms with E-state index in [0.717, 1.165) is 92.7 Å². The van der Waals surface area contributed by atoms with Crippen LogP contribution in [0.5, 0.6) is 0 Å². The summed E-state index contributed by atoms with van der Waals surface area (Å²) in [7, 11) is 0. The van der Waals surface area contributed by atoms with Crippen LogP contribution in [-0.4, -0.2) is 74.3 Å². The van der Waals surface area contributed by atoms with Gasteiger partial charge in [-0.3, -0.25) is 9.59 Å². The van der Waals surface area contributed by atoms with Gasteiger partial charge in [0, 0.05) is 35.5 Å². The molecular weight excluding hydrogens is 691 g/mol. The lowest BCUT2D eigenvalue weighted by Crippen LogP contribution is -2.68. The van der Waals surface area contributed by atoms with Gasteiger partial charge in [0.2, 0.25) is 11.8 Å². The number of nitrogens with one attached hydrogen (secondary N) is 2. The number of aromatic amines is 1. The predicted octanol–water partition coefficient (Wildman–Crippen LogP) is 7.26. The molecule has 300 valence electrons. The highest BCUT2D eigenvalue weighted by molar-refractivity contribution is 5.93. The zero-order chi connectivity index (χ0) is 39.3. The molecule has 55 heavy (non-hydrogen) atoms. The highest BCUT2D eigenvalue weighted by atomic mass is 16.4. The van der Waals surface area contributed by atoms with E-state index in [-0.39, 0.29) is 58.8 Å². The van der Waals surface area contributed by atoms with Crippen molar-refractivity contribution in [3.05, 3.63) is 48.2 Å². The Labute approximate surface area is 327 Å². The summed E-state index contributed by atoms with van der Waals surface area (Å²) in [6.07, 6.45) is 12.2. The van der Waals surface area contributed by atoms with Crippen LogP contribution in [0.4, 0.5) is 0 Å². The largest absolute Gasteiger partial charge is 0.480 e. The molecule has 5 unspecified atom stereocenters. The zero-order valence-corrected chi connectivity index (χ0v) is 33.8. The van der Waals surface area contributed by atoms with E-state index in [4.69, 9.17) is 0 Å². The fourth-order valence-corrected chi connectivity index (χ4v) is 15.1. The number of carboxylic acid groups (broad SMARTS) is 1. The number of rotatable bonds is 8. The molecule has 2 heterocycles. The molecule has 0 spiro atoms. The first-order valence-electron chi connectivity index (χ1n) is 21.4. The minimum absolute atomic E-state index is 0.0148. The summed E-state index contributed by atoms with van der Waals surface area (Å²) in [6.45, 7) is 16.9. The van der Waals surface area contributed by atoms with Crippen molar-refractivity contribution in [3.8, 4) is 0 Å². The zero-order valence-electron chi connectivity index (χ0n) is 33.8. The van der Waals surface area contributed by atoms with Gasteiger partial charge in [-0.05, 0) is 141 Å². The van der Waals surface area contributed by atoms with Gasteiger partial charge in [0.25, 0.3) is 0 Å². The molecule has 1 aromatic heterocycles. The van der Waals surface area contributed by atoms with Crippen LogP contribution in [0, 0.1) is 56.7 Å². The molecule has 5 N–H and O–H groups in total. The molecule has 0 radical (unpaired) electrons. The summed E-state index contributed by atoms with van der Waals surface area (Å²) >= 11 is 0. The Hall–Kier alpha value is -3.17. The van der Waals surface area contributed by atoms with Crippen LogP contribution in [0.15, 0.2) is 42.6 Å². The van der Waals surface area contributed by atoms with Gasteiger partial charge in [-0.2, -0.15) is 0 Å². The Kier molecular flexibility index (Phi) is 9.47. The Bertz CT molecular complexity index is 1870. The van der Waals surface area contributed by atoms with E-state index in [1.54, 1.807) is 0 Å². The SMILES string of the molecule is C=C(C)[C@@H]1CC[C@]2(C(=O)N3CCC[C@H]3C(=O)NC(Cc3c[nH]c4ccccc34)C(=O)O)CC[C@]3(C)C(CCC4[C@@]5(C)CC[C@H](O)[C@@](C)(CO)C5CC[C@]43C)C12. The second kappa shape index (κ2) is 13.5. The third-order valence-corrected chi connectivity index (χ3v) is 18.1. The lowest BCUT2D eigenvalue weighted by atomic mass is 9.32. The van der Waals surface area contributed by atoms with Crippen LogP contribution >= 0.6 is 0 Å². The smallest absolute Gasteiger partial charge is 0.326 e. The molecule has 5 aliphatic carbocycles. The maximum Gasteiger partial charge on any atom is 0.326 e. The molecule has 1 aromatic carbocycles. The van der Waals surface area contributed by atoms with Crippen LogP contribution in [0.25, 0.3) is 10.9 Å². The van der Waals surface area contributed by atoms with E-state index in [9.17, 15) is 24.9 Å². The maximum atomic E-state index is 15.4. The standard InChI is InChI=1S/C46H65N3O6/c1-27(2)29-15-20-46(41(55)49-23-9-12-34(49)39(52)48-33(40(53)54)24-28-25-47-32-11-8-7-10-30(28)32)22-21-44(5)31(38(29)46)13-14-36-42(3)18-17-37(51)43(4,26-50)35(42)16-19-45(36,44)6/h7-8,10-11,25,29,31,33-38,47,50-51H,1,9,12-24,26H2,2-6H3,(H,48,52)(H,53,54)/t29-,31?,33?,34-,35?,36?,37-,38?,42-,43-,44+,45+,46-/m0/s1. The normalized spacial score (nSPS) is 42.8. The van der Waals surface area contributed by atoms with Crippen molar-refractivity contribution >= 4 is 28.7 Å². The number of aliphatic hydroxyl groups excluding tert-OH is 2. The molecule has 6 fully saturated rings. The number of para-hydroxylation sites is 1. The van der Waals surface area contributed by atoms with Crippen LogP contribution in [0.2, 0.25) is 0 Å². The van der Waals surface area contributed by atoms with Gasteiger partial charge in [0.1, 0.15) is 12.1 Å². The molecule has 5 saturated carbocycles. The molecule has 1 aliphatic heterocycles. The summed E-state index contributed by atoms with van der Waals surface area (Å²) in [5, 5.41) is 35.9. The highest BCUT2D eigenvalue weighted by Gasteiger charge is 2.72. The first-order valence-corrected chi connectivity index (χ1v) is 21.4. The number of carboxylic acids is 1. The van der Waals surface area contributed by atoms with Gasteiger partial charge in [0.05, 0.1) is 18.1 Å². The number of fused-ring (bicyclic) bond motifs is 8. The van der Waals surface area contributed by atoms with E-state index in [0.29, 0.717) is 24.8 Å². The average Bonchev–Trinajstić information content (AvgIpc) is 3.91. The number of hydrogen-bond acceptors (Lipinski definition) is 5. The Morgan fingerprint density at radius 3 is 2.44 bits per heavy atom. The van der Waals surface area contributed by atoms with Crippen LogP contribution in [0.3, 0.4) is 0 Å². The summed E-state index contributed by atoms with van der Waals surface area (Å²) in [5.41, 5.74) is 1.96. The second-order valence-corrected chi connectivity index (χ2v) is 20.2. The van der Waals surface area contributed by atoms with Gasteiger partial charge in [-0.15, -0.1) is 0 Å². The number of nitrogens with zero attached hydrogens (tertiary/aromatic N) is 1. The molecule has 9 heteroatoms. The number of aliphatic hydroxyl groups is 2.